The summed E-state index contributed by atoms with van der Waals surface area (Å²) < 4.78 is 7.00. The minimum Gasteiger partial charge on any atom is -0.492 e. The summed E-state index contributed by atoms with van der Waals surface area (Å²) in [6, 6.07) is 19.8. The smallest absolute Gasteiger partial charge is 0.195 e. The highest BCUT2D eigenvalue weighted by Gasteiger charge is 2.22. The second-order valence-corrected chi connectivity index (χ2v) is 10.0. The van der Waals surface area contributed by atoms with Crippen LogP contribution in [-0.2, 0) is 0 Å². The second kappa shape index (κ2) is 10.7. The van der Waals surface area contributed by atoms with Gasteiger partial charge in [-0.1, -0.05) is 42.6 Å². The molecule has 1 aromatic heterocycles. The summed E-state index contributed by atoms with van der Waals surface area (Å²) in [5.41, 5.74) is 4.57. The normalized spacial score (nSPS) is 11.4. The summed E-state index contributed by atoms with van der Waals surface area (Å²) >= 11 is 7.96. The van der Waals surface area contributed by atoms with E-state index in [9.17, 15) is 4.79 Å². The van der Waals surface area contributed by atoms with Crippen LogP contribution in [0.2, 0.25) is 5.02 Å². The molecule has 0 saturated heterocycles. The van der Waals surface area contributed by atoms with Crippen LogP contribution < -0.4 is 4.74 Å². The van der Waals surface area contributed by atoms with Crippen molar-refractivity contribution in [3.8, 4) is 16.2 Å². The van der Waals surface area contributed by atoms with E-state index in [0.29, 0.717) is 22.8 Å². The van der Waals surface area contributed by atoms with Crippen LogP contribution in [0.3, 0.4) is 0 Å². The molecule has 0 radical (unpaired) electrons. The summed E-state index contributed by atoms with van der Waals surface area (Å²) in [7, 11) is 0. The average Bonchev–Trinajstić information content (AvgIpc) is 3.19. The number of benzene rings is 3. The number of hydrogen-bond donors (Lipinski definition) is 0. The molecule has 0 spiro atoms. The van der Waals surface area contributed by atoms with E-state index >= 15 is 0 Å². The Labute approximate surface area is 210 Å². The summed E-state index contributed by atoms with van der Waals surface area (Å²) in [6.07, 6.45) is 0. The number of ether oxygens (including phenoxy) is 1. The van der Waals surface area contributed by atoms with E-state index in [-0.39, 0.29) is 5.78 Å². The zero-order valence-electron chi connectivity index (χ0n) is 20.2. The minimum atomic E-state index is 0.0230. The lowest BCUT2D eigenvalue weighted by molar-refractivity contribution is 0.104. The molecule has 4 rings (SSSR count). The number of nitrogens with zero attached hydrogens (tertiary/aromatic N) is 1. The van der Waals surface area contributed by atoms with Crippen molar-refractivity contribution in [1.29, 1.82) is 0 Å². The summed E-state index contributed by atoms with van der Waals surface area (Å²) in [5, 5.41) is 1.53. The van der Waals surface area contributed by atoms with Crippen LogP contribution in [0.25, 0.3) is 20.5 Å². The number of ketones is 1. The van der Waals surface area contributed by atoms with Gasteiger partial charge in [0, 0.05) is 37.7 Å². The Morgan fingerprint density at radius 3 is 2.26 bits per heavy atom. The molecule has 0 amide bonds. The Hall–Kier alpha value is -2.66. The van der Waals surface area contributed by atoms with E-state index in [1.54, 1.807) is 11.3 Å². The maximum atomic E-state index is 13.8. The number of hydrogen-bond acceptors (Lipinski definition) is 4. The van der Waals surface area contributed by atoms with Gasteiger partial charge in [-0.3, -0.25) is 4.79 Å². The summed E-state index contributed by atoms with van der Waals surface area (Å²) in [5.74, 6) is 0.858. The molecule has 176 valence electrons. The molecular formula is C29H30ClNO2S. The first-order valence-corrected chi connectivity index (χ1v) is 12.9. The predicted molar refractivity (Wildman–Crippen MR) is 145 cm³/mol. The highest BCUT2D eigenvalue weighted by Crippen LogP contribution is 2.41. The molecule has 1 heterocycles. The average molecular weight is 492 g/mol. The zero-order chi connectivity index (χ0) is 24.2. The van der Waals surface area contributed by atoms with Gasteiger partial charge in [-0.05, 0) is 87.1 Å². The molecule has 0 aliphatic rings. The molecule has 3 aromatic carbocycles. The molecule has 3 nitrogen and oxygen atoms in total. The van der Waals surface area contributed by atoms with Gasteiger partial charge in [0.15, 0.2) is 5.78 Å². The van der Waals surface area contributed by atoms with Gasteiger partial charge in [0.2, 0.25) is 0 Å². The maximum Gasteiger partial charge on any atom is 0.195 e. The van der Waals surface area contributed by atoms with E-state index < -0.39 is 0 Å². The van der Waals surface area contributed by atoms with E-state index in [1.165, 1.54) is 0 Å². The monoisotopic (exact) mass is 491 g/mol. The van der Waals surface area contributed by atoms with Crippen molar-refractivity contribution >= 4 is 38.8 Å². The first kappa shape index (κ1) is 24.5. The first-order valence-electron chi connectivity index (χ1n) is 11.7. The van der Waals surface area contributed by atoms with Gasteiger partial charge in [-0.25, -0.2) is 0 Å². The molecule has 0 N–H and O–H groups in total. The molecule has 5 heteroatoms. The molecule has 34 heavy (non-hydrogen) atoms. The molecule has 0 saturated carbocycles. The lowest BCUT2D eigenvalue weighted by atomic mass is 9.95. The highest BCUT2D eigenvalue weighted by atomic mass is 35.5. The van der Waals surface area contributed by atoms with Gasteiger partial charge in [0.25, 0.3) is 0 Å². The third-order valence-electron chi connectivity index (χ3n) is 6.05. The Morgan fingerprint density at radius 1 is 0.941 bits per heavy atom. The third-order valence-corrected chi connectivity index (χ3v) is 7.50. The number of carbonyl (C=O) groups excluding carboxylic acids is 1. The largest absolute Gasteiger partial charge is 0.492 e. The number of halogens is 1. The number of likely N-dealkylation sites (N-methyl/N-ethyl adjacent to an activating group) is 1. The van der Waals surface area contributed by atoms with Crippen LogP contribution in [0.15, 0.2) is 60.7 Å². The number of aryl methyl sites for hydroxylation is 2. The molecule has 0 fully saturated rings. The van der Waals surface area contributed by atoms with E-state index in [4.69, 9.17) is 16.3 Å². The van der Waals surface area contributed by atoms with Crippen LogP contribution in [0.4, 0.5) is 0 Å². The maximum absolute atomic E-state index is 13.8. The Balaban J connectivity index is 1.69. The van der Waals surface area contributed by atoms with Crippen LogP contribution in [0, 0.1) is 13.8 Å². The highest BCUT2D eigenvalue weighted by molar-refractivity contribution is 7.22. The Bertz CT molecular complexity index is 1290. The van der Waals surface area contributed by atoms with Gasteiger partial charge in [-0.2, -0.15) is 0 Å². The molecular weight excluding hydrogens is 462 g/mol. The van der Waals surface area contributed by atoms with Gasteiger partial charge in [0.1, 0.15) is 12.4 Å². The van der Waals surface area contributed by atoms with E-state index in [1.807, 2.05) is 68.4 Å². The number of fused-ring (bicyclic) bond motifs is 1. The number of thiophene rings is 1. The number of rotatable bonds is 9. The van der Waals surface area contributed by atoms with Crippen molar-refractivity contribution in [1.82, 2.24) is 4.90 Å². The van der Waals surface area contributed by atoms with Gasteiger partial charge in [-0.15, -0.1) is 11.3 Å². The van der Waals surface area contributed by atoms with Crippen LogP contribution >= 0.6 is 22.9 Å². The second-order valence-electron chi connectivity index (χ2n) is 8.55. The molecule has 4 aromatic rings. The molecule has 0 aliphatic heterocycles. The van der Waals surface area contributed by atoms with Gasteiger partial charge >= 0.3 is 0 Å². The molecule has 0 atom stereocenters. The lowest BCUT2D eigenvalue weighted by Crippen LogP contribution is -2.27. The van der Waals surface area contributed by atoms with Gasteiger partial charge in [0.05, 0.1) is 0 Å². The van der Waals surface area contributed by atoms with Gasteiger partial charge < -0.3 is 9.64 Å². The van der Waals surface area contributed by atoms with Crippen molar-refractivity contribution < 1.29 is 9.53 Å². The summed E-state index contributed by atoms with van der Waals surface area (Å²) in [4.78, 5) is 17.1. The summed E-state index contributed by atoms with van der Waals surface area (Å²) in [6.45, 7) is 12.0. The number of carbonyl (C=O) groups is 1. The quantitative estimate of drug-likeness (QED) is 0.224. The van der Waals surface area contributed by atoms with E-state index in [0.717, 1.165) is 57.0 Å². The van der Waals surface area contributed by atoms with E-state index in [2.05, 4.69) is 24.8 Å². The van der Waals surface area contributed by atoms with Crippen molar-refractivity contribution in [3.05, 3.63) is 87.9 Å². The third kappa shape index (κ3) is 5.35. The Morgan fingerprint density at radius 2 is 1.62 bits per heavy atom. The van der Waals surface area contributed by atoms with Crippen molar-refractivity contribution in [3.63, 3.8) is 0 Å². The van der Waals surface area contributed by atoms with Crippen molar-refractivity contribution in [2.75, 3.05) is 26.2 Å². The SMILES string of the molecule is CCN(CC)CCOc1ccc(-c2sc3ccc(Cl)cc3c2C(=O)c2cc(C)cc(C)c2)cc1. The molecule has 0 aliphatic carbocycles. The van der Waals surface area contributed by atoms with Crippen LogP contribution in [0.5, 0.6) is 5.75 Å². The Kier molecular flexibility index (Phi) is 7.72. The first-order chi connectivity index (χ1) is 16.4. The van der Waals surface area contributed by atoms with Crippen molar-refractivity contribution in [2.45, 2.75) is 27.7 Å². The van der Waals surface area contributed by atoms with Crippen molar-refractivity contribution in [2.24, 2.45) is 0 Å². The topological polar surface area (TPSA) is 29.5 Å². The zero-order valence-corrected chi connectivity index (χ0v) is 21.7. The minimum absolute atomic E-state index is 0.0230. The fourth-order valence-corrected chi connectivity index (χ4v) is 5.64. The molecule has 0 unspecified atom stereocenters. The fraction of sp³-hybridized carbons (Fsp3) is 0.276. The standard InChI is InChI=1S/C29H30ClNO2S/c1-5-31(6-2)13-14-33-24-10-7-21(8-11-24)29-27(25-18-23(30)9-12-26(25)34-29)28(32)22-16-19(3)15-20(4)17-22/h7-12,15-18H,5-6,13-14H2,1-4H3. The lowest BCUT2D eigenvalue weighted by Gasteiger charge is -2.18. The fourth-order valence-electron chi connectivity index (χ4n) is 4.28. The van der Waals surface area contributed by atoms with Crippen LogP contribution in [0.1, 0.15) is 40.9 Å². The molecule has 0 bridgehead atoms. The predicted octanol–water partition coefficient (Wildman–Crippen LogP) is 7.79. The van der Waals surface area contributed by atoms with Crippen LogP contribution in [-0.4, -0.2) is 36.9 Å².